The van der Waals surface area contributed by atoms with Gasteiger partial charge in [0.1, 0.15) is 6.04 Å². The van der Waals surface area contributed by atoms with Crippen LogP contribution in [0.5, 0.6) is 0 Å². The largest absolute Gasteiger partial charge is 0.462 e. The van der Waals surface area contributed by atoms with E-state index >= 15 is 0 Å². The highest BCUT2D eigenvalue weighted by molar-refractivity contribution is 5.94. The predicted molar refractivity (Wildman–Crippen MR) is 76.9 cm³/mol. The van der Waals surface area contributed by atoms with E-state index < -0.39 is 12.0 Å². The zero-order valence-electron chi connectivity index (χ0n) is 11.8. The van der Waals surface area contributed by atoms with Gasteiger partial charge in [-0.25, -0.2) is 5.43 Å². The molecule has 0 aliphatic carbocycles. The van der Waals surface area contributed by atoms with Crippen LogP contribution in [0.4, 0.5) is 0 Å². The van der Waals surface area contributed by atoms with E-state index in [1.165, 1.54) is 0 Å². The lowest BCUT2D eigenvalue weighted by Crippen LogP contribution is -2.49. The van der Waals surface area contributed by atoms with E-state index in [-0.39, 0.29) is 12.0 Å². The predicted octanol–water partition coefficient (Wildman–Crippen LogP) is 1.82. The molecule has 0 fully saturated rings. The molecule has 0 aromatic heterocycles. The second-order valence-electron chi connectivity index (χ2n) is 4.53. The van der Waals surface area contributed by atoms with Crippen LogP contribution in [0.1, 0.15) is 30.6 Å². The molecule has 0 saturated heterocycles. The standard InChI is InChI=1S/C15H20N2O3/c1-4-8-13(15(19)20-11(2)3)16-17-14(18)12-9-6-5-7-10-12/h4-7,9-11,13,16H,1,8H2,2-3H3,(H,17,18). The van der Waals surface area contributed by atoms with Crippen molar-refractivity contribution in [2.45, 2.75) is 32.4 Å². The first kappa shape index (κ1) is 15.9. The number of ether oxygens (including phenoxy) is 1. The highest BCUT2D eigenvalue weighted by Crippen LogP contribution is 2.01. The Labute approximate surface area is 119 Å². The van der Waals surface area contributed by atoms with E-state index in [1.54, 1.807) is 44.2 Å². The van der Waals surface area contributed by atoms with Crippen LogP contribution < -0.4 is 10.9 Å². The molecule has 1 aromatic rings. The molecule has 2 N–H and O–H groups in total. The van der Waals surface area contributed by atoms with Gasteiger partial charge >= 0.3 is 5.97 Å². The number of amides is 1. The lowest BCUT2D eigenvalue weighted by atomic mass is 10.2. The number of hydrogen-bond acceptors (Lipinski definition) is 4. The maximum Gasteiger partial charge on any atom is 0.325 e. The summed E-state index contributed by atoms with van der Waals surface area (Å²) in [4.78, 5) is 23.7. The van der Waals surface area contributed by atoms with Crippen molar-refractivity contribution in [3.05, 3.63) is 48.6 Å². The molecule has 0 heterocycles. The number of nitrogens with one attached hydrogen (secondary N) is 2. The van der Waals surface area contributed by atoms with Gasteiger partial charge in [-0.05, 0) is 32.4 Å². The third kappa shape index (κ3) is 5.24. The summed E-state index contributed by atoms with van der Waals surface area (Å²) in [7, 11) is 0. The Balaban J connectivity index is 2.56. The lowest BCUT2D eigenvalue weighted by Gasteiger charge is -2.18. The van der Waals surface area contributed by atoms with Gasteiger partial charge in [0.05, 0.1) is 6.10 Å². The number of esters is 1. The summed E-state index contributed by atoms with van der Waals surface area (Å²) in [6.45, 7) is 7.13. The zero-order chi connectivity index (χ0) is 15.0. The van der Waals surface area contributed by atoms with Gasteiger partial charge in [-0.2, -0.15) is 0 Å². The molecule has 1 atom stereocenters. The molecule has 1 unspecified atom stereocenters. The lowest BCUT2D eigenvalue weighted by molar-refractivity contribution is -0.150. The van der Waals surface area contributed by atoms with Gasteiger partial charge in [-0.1, -0.05) is 24.3 Å². The summed E-state index contributed by atoms with van der Waals surface area (Å²) < 4.78 is 5.10. The van der Waals surface area contributed by atoms with Gasteiger partial charge in [-0.15, -0.1) is 6.58 Å². The van der Waals surface area contributed by atoms with Crippen LogP contribution in [0.3, 0.4) is 0 Å². The number of carbonyl (C=O) groups is 2. The molecule has 5 heteroatoms. The average Bonchev–Trinajstić information content (AvgIpc) is 2.43. The molecular formula is C15H20N2O3. The zero-order valence-corrected chi connectivity index (χ0v) is 11.8. The summed E-state index contributed by atoms with van der Waals surface area (Å²) in [5.74, 6) is -0.731. The quantitative estimate of drug-likeness (QED) is 0.453. The number of rotatable bonds is 7. The highest BCUT2D eigenvalue weighted by atomic mass is 16.5. The number of carbonyl (C=O) groups excluding carboxylic acids is 2. The molecular weight excluding hydrogens is 256 g/mol. The monoisotopic (exact) mass is 276 g/mol. The molecule has 0 spiro atoms. The normalized spacial score (nSPS) is 11.8. The summed E-state index contributed by atoms with van der Waals surface area (Å²) >= 11 is 0. The third-order valence-corrected chi connectivity index (χ3v) is 2.43. The fraction of sp³-hybridized carbons (Fsp3) is 0.333. The molecule has 1 amide bonds. The van der Waals surface area contributed by atoms with Crippen molar-refractivity contribution in [2.24, 2.45) is 0 Å². The van der Waals surface area contributed by atoms with Crippen LogP contribution in [0.25, 0.3) is 0 Å². The molecule has 0 aliphatic rings. The second-order valence-corrected chi connectivity index (χ2v) is 4.53. The van der Waals surface area contributed by atoms with E-state index in [1.807, 2.05) is 6.07 Å². The molecule has 5 nitrogen and oxygen atoms in total. The maximum absolute atomic E-state index is 11.8. The smallest absolute Gasteiger partial charge is 0.325 e. The molecule has 0 radical (unpaired) electrons. The molecule has 108 valence electrons. The first-order chi connectivity index (χ1) is 9.54. The van der Waals surface area contributed by atoms with Crippen molar-refractivity contribution in [3.63, 3.8) is 0 Å². The second kappa shape index (κ2) is 8.12. The Morgan fingerprint density at radius 2 is 1.95 bits per heavy atom. The molecule has 0 aliphatic heterocycles. The van der Waals surface area contributed by atoms with Crippen molar-refractivity contribution in [3.8, 4) is 0 Å². The summed E-state index contributed by atoms with van der Waals surface area (Å²) in [5.41, 5.74) is 5.69. The Bertz CT molecular complexity index is 457. The fourth-order valence-electron chi connectivity index (χ4n) is 1.51. The summed E-state index contributed by atoms with van der Waals surface area (Å²) in [6.07, 6.45) is 1.75. The Morgan fingerprint density at radius 3 is 2.50 bits per heavy atom. The van der Waals surface area contributed by atoms with E-state index in [4.69, 9.17) is 4.74 Å². The van der Waals surface area contributed by atoms with Gasteiger partial charge in [0.2, 0.25) is 0 Å². The first-order valence-corrected chi connectivity index (χ1v) is 6.47. The Hall–Kier alpha value is -2.14. The molecule has 1 aromatic carbocycles. The van der Waals surface area contributed by atoms with Gasteiger partial charge in [0.15, 0.2) is 0 Å². The number of benzene rings is 1. The van der Waals surface area contributed by atoms with Gasteiger partial charge in [-0.3, -0.25) is 15.0 Å². The molecule has 1 rings (SSSR count). The van der Waals surface area contributed by atoms with Gasteiger partial charge in [0.25, 0.3) is 5.91 Å². The average molecular weight is 276 g/mol. The first-order valence-electron chi connectivity index (χ1n) is 6.47. The minimum absolute atomic E-state index is 0.207. The van der Waals surface area contributed by atoms with Crippen molar-refractivity contribution >= 4 is 11.9 Å². The van der Waals surface area contributed by atoms with E-state index in [0.29, 0.717) is 12.0 Å². The Morgan fingerprint density at radius 1 is 1.30 bits per heavy atom. The van der Waals surface area contributed by atoms with Crippen LogP contribution in [0.2, 0.25) is 0 Å². The maximum atomic E-state index is 11.8. The summed E-state index contributed by atoms with van der Waals surface area (Å²) in [5, 5.41) is 0. The minimum Gasteiger partial charge on any atom is -0.462 e. The van der Waals surface area contributed by atoms with Crippen LogP contribution >= 0.6 is 0 Å². The third-order valence-electron chi connectivity index (χ3n) is 2.43. The van der Waals surface area contributed by atoms with Crippen molar-refractivity contribution in [2.75, 3.05) is 0 Å². The SMILES string of the molecule is C=CCC(NNC(=O)c1ccccc1)C(=O)OC(C)C. The van der Waals surface area contributed by atoms with Crippen LogP contribution in [0, 0.1) is 0 Å². The van der Waals surface area contributed by atoms with Gasteiger partial charge < -0.3 is 4.74 Å². The van der Waals surface area contributed by atoms with Crippen LogP contribution in [-0.2, 0) is 9.53 Å². The minimum atomic E-state index is -0.650. The van der Waals surface area contributed by atoms with Crippen LogP contribution in [-0.4, -0.2) is 24.0 Å². The Kier molecular flexibility index (Phi) is 6.46. The highest BCUT2D eigenvalue weighted by Gasteiger charge is 2.20. The topological polar surface area (TPSA) is 67.4 Å². The van der Waals surface area contributed by atoms with E-state index in [9.17, 15) is 9.59 Å². The van der Waals surface area contributed by atoms with Gasteiger partial charge in [0, 0.05) is 5.56 Å². The van der Waals surface area contributed by atoms with Crippen molar-refractivity contribution in [1.29, 1.82) is 0 Å². The molecule has 20 heavy (non-hydrogen) atoms. The fourth-order valence-corrected chi connectivity index (χ4v) is 1.51. The van der Waals surface area contributed by atoms with Crippen LogP contribution in [0.15, 0.2) is 43.0 Å². The summed E-state index contributed by atoms with van der Waals surface area (Å²) in [6, 6.07) is 8.08. The number of hydrogen-bond donors (Lipinski definition) is 2. The van der Waals surface area contributed by atoms with Crippen molar-refractivity contribution < 1.29 is 14.3 Å². The van der Waals surface area contributed by atoms with E-state index in [0.717, 1.165) is 0 Å². The number of hydrazine groups is 1. The van der Waals surface area contributed by atoms with E-state index in [2.05, 4.69) is 17.4 Å². The molecule has 0 saturated carbocycles. The van der Waals surface area contributed by atoms with Crippen molar-refractivity contribution in [1.82, 2.24) is 10.9 Å². The molecule has 0 bridgehead atoms.